The zero-order chi connectivity index (χ0) is 14.7. The van der Waals surface area contributed by atoms with Crippen molar-refractivity contribution in [2.24, 2.45) is 0 Å². The monoisotopic (exact) mass is 278 g/mol. The summed E-state index contributed by atoms with van der Waals surface area (Å²) in [5.74, 6) is -1.06. The molecule has 0 aliphatic heterocycles. The molecule has 0 aliphatic rings. The van der Waals surface area contributed by atoms with Crippen LogP contribution < -0.4 is 4.74 Å². The van der Waals surface area contributed by atoms with Gasteiger partial charge >= 0.3 is 6.16 Å². The van der Waals surface area contributed by atoms with Crippen LogP contribution >= 0.6 is 0 Å². The third kappa shape index (κ3) is 2.93. The lowest BCUT2D eigenvalue weighted by atomic mass is 10.00. The fourth-order valence-electron chi connectivity index (χ4n) is 1.88. The first-order valence-electron chi connectivity index (χ1n) is 5.83. The van der Waals surface area contributed by atoms with Crippen LogP contribution in [0.5, 0.6) is 5.75 Å². The van der Waals surface area contributed by atoms with Crippen molar-refractivity contribution in [2.45, 2.75) is 6.92 Å². The molecule has 0 heterocycles. The van der Waals surface area contributed by atoms with Gasteiger partial charge in [-0.1, -0.05) is 12.1 Å². The Morgan fingerprint density at radius 2 is 1.75 bits per heavy atom. The van der Waals surface area contributed by atoms with Gasteiger partial charge in [-0.15, -0.1) is 0 Å². The van der Waals surface area contributed by atoms with Gasteiger partial charge in [0.2, 0.25) is 0 Å². The topological polar surface area (TPSA) is 35.5 Å². The highest BCUT2D eigenvalue weighted by Gasteiger charge is 2.12. The summed E-state index contributed by atoms with van der Waals surface area (Å²) in [6.45, 7) is 1.69. The smallest absolute Gasteiger partial charge is 0.437 e. The molecule has 2 aromatic rings. The predicted octanol–water partition coefficient (Wildman–Crippen LogP) is 4.09. The number of halogens is 2. The van der Waals surface area contributed by atoms with Crippen LogP contribution in [0.3, 0.4) is 0 Å². The van der Waals surface area contributed by atoms with Gasteiger partial charge in [0.15, 0.2) is 0 Å². The van der Waals surface area contributed by atoms with E-state index in [0.29, 0.717) is 16.7 Å². The van der Waals surface area contributed by atoms with E-state index in [1.807, 2.05) is 0 Å². The average molecular weight is 278 g/mol. The van der Waals surface area contributed by atoms with Crippen molar-refractivity contribution in [1.82, 2.24) is 0 Å². The highest BCUT2D eigenvalue weighted by atomic mass is 19.1. The minimum atomic E-state index is -0.851. The van der Waals surface area contributed by atoms with E-state index in [-0.39, 0.29) is 5.75 Å². The number of carbonyl (C=O) groups excluding carboxylic acids is 1. The number of methoxy groups -OCH3 is 1. The van der Waals surface area contributed by atoms with E-state index >= 15 is 0 Å². The molecule has 0 N–H and O–H groups in total. The first kappa shape index (κ1) is 14.0. The van der Waals surface area contributed by atoms with Gasteiger partial charge in [-0.3, -0.25) is 0 Å². The fraction of sp³-hybridized carbons (Fsp3) is 0.133. The highest BCUT2D eigenvalue weighted by Crippen LogP contribution is 2.31. The van der Waals surface area contributed by atoms with Gasteiger partial charge < -0.3 is 9.47 Å². The normalized spacial score (nSPS) is 10.2. The molecule has 0 saturated heterocycles. The third-order valence-electron chi connectivity index (χ3n) is 2.82. The van der Waals surface area contributed by atoms with Crippen LogP contribution in [0.25, 0.3) is 11.1 Å². The number of ether oxygens (including phenoxy) is 2. The SMILES string of the molecule is COC(=O)Oc1cccc(-c2cc(F)cc(F)c2)c1C. The Hall–Kier alpha value is -2.43. The largest absolute Gasteiger partial charge is 0.513 e. The summed E-state index contributed by atoms with van der Waals surface area (Å²) in [7, 11) is 1.20. The molecule has 5 heteroatoms. The van der Waals surface area contributed by atoms with Crippen molar-refractivity contribution < 1.29 is 23.0 Å². The van der Waals surface area contributed by atoms with Crippen LogP contribution in [-0.2, 0) is 4.74 Å². The van der Waals surface area contributed by atoms with E-state index < -0.39 is 17.8 Å². The molecule has 2 aromatic carbocycles. The van der Waals surface area contributed by atoms with E-state index in [0.717, 1.165) is 6.07 Å². The van der Waals surface area contributed by atoms with Gasteiger partial charge in [0.25, 0.3) is 0 Å². The van der Waals surface area contributed by atoms with Gasteiger partial charge in [-0.05, 0) is 41.8 Å². The molecule has 0 amide bonds. The zero-order valence-electron chi connectivity index (χ0n) is 10.9. The Labute approximate surface area is 114 Å². The van der Waals surface area contributed by atoms with Crippen LogP contribution in [0.1, 0.15) is 5.56 Å². The molecule has 0 bridgehead atoms. The highest BCUT2D eigenvalue weighted by molar-refractivity contribution is 5.72. The van der Waals surface area contributed by atoms with Crippen LogP contribution in [0.2, 0.25) is 0 Å². The maximum absolute atomic E-state index is 13.3. The second-order valence-corrected chi connectivity index (χ2v) is 4.14. The first-order valence-corrected chi connectivity index (χ1v) is 5.83. The molecule has 0 aliphatic carbocycles. The first-order chi connectivity index (χ1) is 9.51. The molecule has 0 unspecified atom stereocenters. The second-order valence-electron chi connectivity index (χ2n) is 4.14. The summed E-state index contributed by atoms with van der Waals surface area (Å²) in [6.07, 6.45) is -0.851. The predicted molar refractivity (Wildman–Crippen MR) is 69.6 cm³/mol. The van der Waals surface area contributed by atoms with E-state index in [4.69, 9.17) is 4.74 Å². The van der Waals surface area contributed by atoms with Crippen LogP contribution in [-0.4, -0.2) is 13.3 Å². The molecule has 0 spiro atoms. The van der Waals surface area contributed by atoms with E-state index in [1.54, 1.807) is 25.1 Å². The number of hydrogen-bond acceptors (Lipinski definition) is 3. The summed E-state index contributed by atoms with van der Waals surface area (Å²) >= 11 is 0. The maximum Gasteiger partial charge on any atom is 0.513 e. The van der Waals surface area contributed by atoms with Gasteiger partial charge in [0, 0.05) is 6.07 Å². The lowest BCUT2D eigenvalue weighted by molar-refractivity contribution is 0.121. The summed E-state index contributed by atoms with van der Waals surface area (Å²) in [5.41, 5.74) is 1.53. The van der Waals surface area contributed by atoms with Crippen LogP contribution in [0.15, 0.2) is 36.4 Å². The minimum Gasteiger partial charge on any atom is -0.437 e. The number of rotatable bonds is 2. The Morgan fingerprint density at radius 3 is 2.35 bits per heavy atom. The maximum atomic E-state index is 13.3. The zero-order valence-corrected chi connectivity index (χ0v) is 10.9. The lowest BCUT2D eigenvalue weighted by Crippen LogP contribution is -2.08. The second kappa shape index (κ2) is 5.69. The van der Waals surface area contributed by atoms with Crippen molar-refractivity contribution in [3.05, 3.63) is 53.6 Å². The van der Waals surface area contributed by atoms with Crippen LogP contribution in [0, 0.1) is 18.6 Å². The molecule has 0 saturated carbocycles. The Kier molecular flexibility index (Phi) is 3.98. The minimum absolute atomic E-state index is 0.277. The molecular weight excluding hydrogens is 266 g/mol. The number of hydrogen-bond donors (Lipinski definition) is 0. The lowest BCUT2D eigenvalue weighted by Gasteiger charge is -2.11. The molecule has 20 heavy (non-hydrogen) atoms. The summed E-state index contributed by atoms with van der Waals surface area (Å²) < 4.78 is 35.9. The average Bonchev–Trinajstić information content (AvgIpc) is 2.39. The quantitative estimate of drug-likeness (QED) is 0.613. The number of benzene rings is 2. The molecule has 0 aromatic heterocycles. The van der Waals surface area contributed by atoms with Crippen LogP contribution in [0.4, 0.5) is 13.6 Å². The van der Waals surface area contributed by atoms with Crippen molar-refractivity contribution in [1.29, 1.82) is 0 Å². The Balaban J connectivity index is 2.47. The van der Waals surface area contributed by atoms with E-state index in [9.17, 15) is 13.6 Å². The van der Waals surface area contributed by atoms with E-state index in [2.05, 4.69) is 4.74 Å². The van der Waals surface area contributed by atoms with Crippen molar-refractivity contribution in [2.75, 3.05) is 7.11 Å². The molecule has 0 fully saturated rings. The van der Waals surface area contributed by atoms with Crippen molar-refractivity contribution in [3.8, 4) is 16.9 Å². The molecule has 0 radical (unpaired) electrons. The molecule has 2 rings (SSSR count). The van der Waals surface area contributed by atoms with Gasteiger partial charge in [0.05, 0.1) is 7.11 Å². The van der Waals surface area contributed by atoms with Crippen molar-refractivity contribution >= 4 is 6.16 Å². The van der Waals surface area contributed by atoms with Gasteiger partial charge in [-0.2, -0.15) is 0 Å². The van der Waals surface area contributed by atoms with Gasteiger partial charge in [0.1, 0.15) is 17.4 Å². The summed E-state index contributed by atoms with van der Waals surface area (Å²) in [5, 5.41) is 0. The molecule has 0 atom stereocenters. The molecule has 104 valence electrons. The number of carbonyl (C=O) groups is 1. The summed E-state index contributed by atoms with van der Waals surface area (Å²) in [4.78, 5) is 11.1. The molecular formula is C15H12F2O3. The third-order valence-corrected chi connectivity index (χ3v) is 2.82. The van der Waals surface area contributed by atoms with Gasteiger partial charge in [-0.25, -0.2) is 13.6 Å². The standard InChI is InChI=1S/C15H12F2O3/c1-9-13(10-6-11(16)8-12(17)7-10)4-3-5-14(9)20-15(18)19-2/h3-8H,1-2H3. The fourth-order valence-corrected chi connectivity index (χ4v) is 1.88. The Morgan fingerprint density at radius 1 is 1.10 bits per heavy atom. The Bertz CT molecular complexity index is 633. The van der Waals surface area contributed by atoms with E-state index in [1.165, 1.54) is 19.2 Å². The molecule has 3 nitrogen and oxygen atoms in total. The summed E-state index contributed by atoms with van der Waals surface area (Å²) in [6, 6.07) is 8.12. The van der Waals surface area contributed by atoms with Crippen molar-refractivity contribution in [3.63, 3.8) is 0 Å².